The van der Waals surface area contributed by atoms with Crippen LogP contribution >= 0.6 is 0 Å². The Kier molecular flexibility index (Phi) is 6.06. The number of methoxy groups -OCH3 is 1. The largest absolute Gasteiger partial charge is 0.495 e. The quantitative estimate of drug-likeness (QED) is 0.530. The molecule has 1 aromatic carbocycles. The summed E-state index contributed by atoms with van der Waals surface area (Å²) in [6, 6.07) is 7.92. The van der Waals surface area contributed by atoms with E-state index in [-0.39, 0.29) is 29.6 Å². The number of ether oxygens (including phenoxy) is 1. The molecule has 1 aliphatic carbocycles. The van der Waals surface area contributed by atoms with E-state index in [1.54, 1.807) is 7.11 Å². The summed E-state index contributed by atoms with van der Waals surface area (Å²) in [5.74, 6) is 0.419. The number of likely N-dealkylation sites (tertiary alicyclic amines) is 1. The van der Waals surface area contributed by atoms with Crippen LogP contribution in [0.1, 0.15) is 25.7 Å². The first kappa shape index (κ1) is 20.4. The van der Waals surface area contributed by atoms with Gasteiger partial charge < -0.3 is 14.5 Å². The second-order valence-electron chi connectivity index (χ2n) is 8.13. The van der Waals surface area contributed by atoms with Crippen molar-refractivity contribution in [2.75, 3.05) is 44.7 Å². The topological polar surface area (TPSA) is 70.2 Å². The number of imide groups is 1. The molecule has 3 aliphatic rings. The summed E-state index contributed by atoms with van der Waals surface area (Å²) in [6.45, 7) is 3.18. The summed E-state index contributed by atoms with van der Waals surface area (Å²) in [4.78, 5) is 43.2. The average molecular weight is 412 g/mol. The minimum atomic E-state index is -0.193. The van der Waals surface area contributed by atoms with E-state index in [1.165, 1.54) is 4.90 Å². The third-order valence-corrected chi connectivity index (χ3v) is 6.43. The Balaban J connectivity index is 1.24. The average Bonchev–Trinajstić information content (AvgIpc) is 3.04. The number of carbonyl (C=O) groups excluding carboxylic acids is 3. The second kappa shape index (κ2) is 8.90. The van der Waals surface area contributed by atoms with E-state index in [1.807, 2.05) is 41.3 Å². The van der Waals surface area contributed by atoms with Crippen molar-refractivity contribution in [3.63, 3.8) is 0 Å². The fourth-order valence-corrected chi connectivity index (χ4v) is 4.72. The molecule has 4 rings (SSSR count). The SMILES string of the molecule is COc1ccccc1N1CCN(C(=O)CCCN2C(=O)[C@H]3CC=CC[C@H]3C2=O)CC1. The highest BCUT2D eigenvalue weighted by molar-refractivity contribution is 6.05. The highest BCUT2D eigenvalue weighted by Crippen LogP contribution is 2.35. The smallest absolute Gasteiger partial charge is 0.233 e. The zero-order valence-corrected chi connectivity index (χ0v) is 17.5. The second-order valence-corrected chi connectivity index (χ2v) is 8.13. The molecule has 3 amide bonds. The Labute approximate surface area is 177 Å². The van der Waals surface area contributed by atoms with Crippen molar-refractivity contribution < 1.29 is 19.1 Å². The van der Waals surface area contributed by atoms with Gasteiger partial charge in [-0.15, -0.1) is 0 Å². The molecule has 30 heavy (non-hydrogen) atoms. The normalized spacial score (nSPS) is 23.7. The zero-order chi connectivity index (χ0) is 21.1. The summed E-state index contributed by atoms with van der Waals surface area (Å²) in [5, 5.41) is 0. The molecule has 2 aliphatic heterocycles. The number of para-hydroxylation sites is 2. The highest BCUT2D eigenvalue weighted by atomic mass is 16.5. The number of nitrogens with zero attached hydrogens (tertiary/aromatic N) is 3. The van der Waals surface area contributed by atoms with Crippen molar-refractivity contribution >= 4 is 23.4 Å². The Morgan fingerprint density at radius 1 is 1.00 bits per heavy atom. The first-order valence-electron chi connectivity index (χ1n) is 10.8. The van der Waals surface area contributed by atoms with Crippen LogP contribution in [0, 0.1) is 11.8 Å². The van der Waals surface area contributed by atoms with Crippen LogP contribution in [0.15, 0.2) is 36.4 Å². The lowest BCUT2D eigenvalue weighted by Gasteiger charge is -2.36. The number of hydrogen-bond donors (Lipinski definition) is 0. The third-order valence-electron chi connectivity index (χ3n) is 6.43. The maximum absolute atomic E-state index is 12.6. The molecule has 2 fully saturated rings. The number of piperazine rings is 1. The van der Waals surface area contributed by atoms with Gasteiger partial charge in [0.05, 0.1) is 24.6 Å². The van der Waals surface area contributed by atoms with Gasteiger partial charge in [0.15, 0.2) is 0 Å². The van der Waals surface area contributed by atoms with Crippen molar-refractivity contribution in [3.8, 4) is 5.75 Å². The van der Waals surface area contributed by atoms with Crippen molar-refractivity contribution in [2.24, 2.45) is 11.8 Å². The Hall–Kier alpha value is -2.83. The maximum Gasteiger partial charge on any atom is 0.233 e. The number of anilines is 1. The Morgan fingerprint density at radius 3 is 2.27 bits per heavy atom. The molecular weight excluding hydrogens is 382 g/mol. The third kappa shape index (κ3) is 3.93. The number of carbonyl (C=O) groups is 3. The van der Waals surface area contributed by atoms with E-state index >= 15 is 0 Å². The van der Waals surface area contributed by atoms with Gasteiger partial charge in [-0.2, -0.15) is 0 Å². The Bertz CT molecular complexity index is 819. The van der Waals surface area contributed by atoms with Gasteiger partial charge in [0.25, 0.3) is 0 Å². The lowest BCUT2D eigenvalue weighted by Crippen LogP contribution is -2.49. The van der Waals surface area contributed by atoms with E-state index < -0.39 is 0 Å². The molecule has 0 aromatic heterocycles. The van der Waals surface area contributed by atoms with E-state index in [2.05, 4.69) is 4.90 Å². The molecule has 160 valence electrons. The number of hydrogen-bond acceptors (Lipinski definition) is 5. The lowest BCUT2D eigenvalue weighted by molar-refractivity contribution is -0.141. The fraction of sp³-hybridized carbons (Fsp3) is 0.522. The van der Waals surface area contributed by atoms with Crippen LogP contribution in [0.25, 0.3) is 0 Å². The minimum Gasteiger partial charge on any atom is -0.495 e. The predicted octanol–water partition coefficient (Wildman–Crippen LogP) is 2.08. The first-order chi connectivity index (χ1) is 14.6. The van der Waals surface area contributed by atoms with Gasteiger partial charge in [-0.05, 0) is 31.4 Å². The van der Waals surface area contributed by atoms with Crippen molar-refractivity contribution in [3.05, 3.63) is 36.4 Å². The van der Waals surface area contributed by atoms with Crippen LogP contribution in [0.2, 0.25) is 0 Å². The fourth-order valence-electron chi connectivity index (χ4n) is 4.72. The molecule has 0 N–H and O–H groups in total. The standard InChI is InChI=1S/C23H29N3O4/c1-30-20-10-5-4-9-19(20)24-13-15-25(16-14-24)21(27)11-6-12-26-22(28)17-7-2-3-8-18(17)23(26)29/h2-5,9-10,17-18H,6-8,11-16H2,1H3/t17-,18+. The van der Waals surface area contributed by atoms with Crippen molar-refractivity contribution in [2.45, 2.75) is 25.7 Å². The highest BCUT2D eigenvalue weighted by Gasteiger charge is 2.46. The van der Waals surface area contributed by atoms with Gasteiger partial charge in [-0.25, -0.2) is 0 Å². The summed E-state index contributed by atoms with van der Waals surface area (Å²) in [6.07, 6.45) is 6.17. The van der Waals surface area contributed by atoms with Gasteiger partial charge in [0.1, 0.15) is 5.75 Å². The molecule has 0 bridgehead atoms. The molecule has 0 unspecified atom stereocenters. The number of fused-ring (bicyclic) bond motifs is 1. The molecule has 1 aromatic rings. The summed E-state index contributed by atoms with van der Waals surface area (Å²) in [5.41, 5.74) is 1.05. The molecule has 2 atom stereocenters. The van der Waals surface area contributed by atoms with E-state index in [4.69, 9.17) is 4.74 Å². The lowest BCUT2D eigenvalue weighted by atomic mass is 9.85. The number of benzene rings is 1. The molecule has 0 saturated carbocycles. The van der Waals surface area contributed by atoms with Gasteiger partial charge in [0, 0.05) is 39.1 Å². The van der Waals surface area contributed by atoms with E-state index in [0.29, 0.717) is 45.3 Å². The number of amides is 3. The van der Waals surface area contributed by atoms with E-state index in [9.17, 15) is 14.4 Å². The molecular formula is C23H29N3O4. The van der Waals surface area contributed by atoms with Crippen LogP contribution in [-0.2, 0) is 14.4 Å². The van der Waals surface area contributed by atoms with Crippen LogP contribution in [0.5, 0.6) is 5.75 Å². The number of allylic oxidation sites excluding steroid dienone is 2. The summed E-state index contributed by atoms with van der Waals surface area (Å²) >= 11 is 0. The maximum atomic E-state index is 12.6. The number of rotatable bonds is 6. The van der Waals surface area contributed by atoms with Gasteiger partial charge in [-0.1, -0.05) is 24.3 Å². The summed E-state index contributed by atoms with van der Waals surface area (Å²) in [7, 11) is 1.67. The molecule has 0 spiro atoms. The van der Waals surface area contributed by atoms with Crippen LogP contribution in [-0.4, -0.2) is 67.4 Å². The molecule has 0 radical (unpaired) electrons. The van der Waals surface area contributed by atoms with Crippen LogP contribution in [0.3, 0.4) is 0 Å². The molecule has 7 nitrogen and oxygen atoms in total. The van der Waals surface area contributed by atoms with Gasteiger partial charge in [-0.3, -0.25) is 19.3 Å². The van der Waals surface area contributed by atoms with Crippen molar-refractivity contribution in [1.82, 2.24) is 9.80 Å². The van der Waals surface area contributed by atoms with Crippen LogP contribution < -0.4 is 9.64 Å². The monoisotopic (exact) mass is 411 g/mol. The summed E-state index contributed by atoms with van der Waals surface area (Å²) < 4.78 is 5.44. The zero-order valence-electron chi connectivity index (χ0n) is 17.5. The Morgan fingerprint density at radius 2 is 1.63 bits per heavy atom. The van der Waals surface area contributed by atoms with Crippen molar-refractivity contribution in [1.29, 1.82) is 0 Å². The molecule has 7 heteroatoms. The van der Waals surface area contributed by atoms with Gasteiger partial charge in [0.2, 0.25) is 17.7 Å². The first-order valence-corrected chi connectivity index (χ1v) is 10.8. The molecule has 2 heterocycles. The van der Waals surface area contributed by atoms with E-state index in [0.717, 1.165) is 24.5 Å². The minimum absolute atomic E-state index is 0.0628. The van der Waals surface area contributed by atoms with Crippen LogP contribution in [0.4, 0.5) is 5.69 Å². The molecule has 2 saturated heterocycles. The predicted molar refractivity (Wildman–Crippen MR) is 113 cm³/mol. The van der Waals surface area contributed by atoms with Gasteiger partial charge >= 0.3 is 0 Å².